The summed E-state index contributed by atoms with van der Waals surface area (Å²) in [4.78, 5) is 0. The Hall–Kier alpha value is -0.890. The predicted molar refractivity (Wildman–Crippen MR) is 85.5 cm³/mol. The Morgan fingerprint density at radius 2 is 1.65 bits per heavy atom. The molecule has 1 aromatic carbocycles. The van der Waals surface area contributed by atoms with Crippen LogP contribution in [0, 0.1) is 17.7 Å². The van der Waals surface area contributed by atoms with E-state index >= 15 is 0 Å². The molecule has 0 saturated heterocycles. The van der Waals surface area contributed by atoms with Crippen LogP contribution in [0.1, 0.15) is 58.4 Å². The van der Waals surface area contributed by atoms with E-state index in [2.05, 4.69) is 33.0 Å². The number of benzene rings is 1. The molecule has 0 saturated carbocycles. The molecular weight excluding hydrogens is 249 g/mol. The van der Waals surface area contributed by atoms with Gasteiger partial charge in [-0.1, -0.05) is 58.7 Å². The smallest absolute Gasteiger partial charge is 0.126 e. The molecule has 0 amide bonds. The van der Waals surface area contributed by atoms with E-state index in [9.17, 15) is 4.39 Å². The Labute approximate surface area is 124 Å². The molecular formula is C18H30FN. The predicted octanol–water partition coefficient (Wildman–Crippen LogP) is 4.98. The molecule has 1 aromatic rings. The van der Waals surface area contributed by atoms with Crippen molar-refractivity contribution >= 4 is 0 Å². The van der Waals surface area contributed by atoms with Gasteiger partial charge in [-0.25, -0.2) is 4.39 Å². The van der Waals surface area contributed by atoms with Gasteiger partial charge >= 0.3 is 0 Å². The number of rotatable bonds is 9. The fourth-order valence-electron chi connectivity index (χ4n) is 2.49. The molecule has 1 atom stereocenters. The molecule has 114 valence electrons. The largest absolute Gasteiger partial charge is 0.316 e. The van der Waals surface area contributed by atoms with E-state index < -0.39 is 0 Å². The second kappa shape index (κ2) is 9.12. The maximum atomic E-state index is 14.0. The average Bonchev–Trinajstić information content (AvgIpc) is 2.37. The summed E-state index contributed by atoms with van der Waals surface area (Å²) in [6, 6.07) is 7.22. The van der Waals surface area contributed by atoms with Crippen molar-refractivity contribution in [1.82, 2.24) is 5.32 Å². The molecule has 0 aliphatic heterocycles. The summed E-state index contributed by atoms with van der Waals surface area (Å²) in [5.41, 5.74) is 0.868. The second-order valence-corrected chi connectivity index (χ2v) is 6.60. The highest BCUT2D eigenvalue weighted by Gasteiger charge is 2.15. The third-order valence-corrected chi connectivity index (χ3v) is 3.62. The van der Waals surface area contributed by atoms with Crippen LogP contribution in [0.15, 0.2) is 24.3 Å². The Kier molecular flexibility index (Phi) is 7.83. The van der Waals surface area contributed by atoms with Gasteiger partial charge in [-0.05, 0) is 42.3 Å². The molecule has 1 unspecified atom stereocenters. The molecule has 1 nitrogen and oxygen atoms in total. The molecule has 0 bridgehead atoms. The van der Waals surface area contributed by atoms with Crippen molar-refractivity contribution < 1.29 is 4.39 Å². The highest BCUT2D eigenvalue weighted by molar-refractivity contribution is 5.22. The topological polar surface area (TPSA) is 12.0 Å². The summed E-state index contributed by atoms with van der Waals surface area (Å²) in [5.74, 6) is 1.58. The Balaban J connectivity index is 2.61. The monoisotopic (exact) mass is 279 g/mol. The molecule has 0 radical (unpaired) electrons. The lowest BCUT2D eigenvalue weighted by atomic mass is 9.91. The van der Waals surface area contributed by atoms with Crippen LogP contribution in [0.5, 0.6) is 0 Å². The summed E-state index contributed by atoms with van der Waals surface area (Å²) in [7, 11) is 0. The van der Waals surface area contributed by atoms with Gasteiger partial charge in [0.1, 0.15) is 5.82 Å². The van der Waals surface area contributed by atoms with E-state index in [-0.39, 0.29) is 11.7 Å². The molecule has 2 heteroatoms. The van der Waals surface area contributed by atoms with E-state index in [4.69, 9.17) is 0 Å². The highest BCUT2D eigenvalue weighted by Crippen LogP contribution is 2.25. The Morgan fingerprint density at radius 1 is 0.950 bits per heavy atom. The highest BCUT2D eigenvalue weighted by atomic mass is 19.1. The maximum Gasteiger partial charge on any atom is 0.126 e. The molecule has 0 fully saturated rings. The molecule has 0 aliphatic rings. The summed E-state index contributed by atoms with van der Waals surface area (Å²) in [6.07, 6.45) is 3.44. The average molecular weight is 279 g/mol. The van der Waals surface area contributed by atoms with Crippen molar-refractivity contribution in [2.45, 2.75) is 52.9 Å². The van der Waals surface area contributed by atoms with Crippen molar-refractivity contribution in [3.05, 3.63) is 35.6 Å². The lowest BCUT2D eigenvalue weighted by Crippen LogP contribution is -2.26. The van der Waals surface area contributed by atoms with Crippen molar-refractivity contribution in [1.29, 1.82) is 0 Å². The van der Waals surface area contributed by atoms with Gasteiger partial charge in [-0.2, -0.15) is 0 Å². The lowest BCUT2D eigenvalue weighted by molar-refractivity contribution is 0.452. The van der Waals surface area contributed by atoms with E-state index in [0.29, 0.717) is 5.92 Å². The second-order valence-electron chi connectivity index (χ2n) is 6.60. The van der Waals surface area contributed by atoms with Crippen molar-refractivity contribution in [2.75, 3.05) is 13.1 Å². The van der Waals surface area contributed by atoms with Gasteiger partial charge in [0.05, 0.1) is 0 Å². The molecule has 1 N–H and O–H groups in total. The van der Waals surface area contributed by atoms with Gasteiger partial charge < -0.3 is 5.32 Å². The number of hydrogen-bond donors (Lipinski definition) is 1. The third-order valence-electron chi connectivity index (χ3n) is 3.62. The lowest BCUT2D eigenvalue weighted by Gasteiger charge is -2.20. The fraction of sp³-hybridized carbons (Fsp3) is 0.667. The van der Waals surface area contributed by atoms with Crippen LogP contribution in [0.2, 0.25) is 0 Å². The zero-order valence-corrected chi connectivity index (χ0v) is 13.5. The van der Waals surface area contributed by atoms with Gasteiger partial charge in [0.15, 0.2) is 0 Å². The molecule has 0 aliphatic carbocycles. The summed E-state index contributed by atoms with van der Waals surface area (Å²) in [5, 5.41) is 3.48. The van der Waals surface area contributed by atoms with Gasteiger partial charge in [-0.3, -0.25) is 0 Å². The minimum Gasteiger partial charge on any atom is -0.316 e. The third kappa shape index (κ3) is 6.51. The van der Waals surface area contributed by atoms with Crippen LogP contribution in [0.25, 0.3) is 0 Å². The molecule has 1 rings (SSSR count). The summed E-state index contributed by atoms with van der Waals surface area (Å²) < 4.78 is 14.0. The molecule has 0 heterocycles. The molecule has 0 spiro atoms. The van der Waals surface area contributed by atoms with Gasteiger partial charge in [0.2, 0.25) is 0 Å². The Morgan fingerprint density at radius 3 is 2.25 bits per heavy atom. The van der Waals surface area contributed by atoms with Gasteiger partial charge in [0, 0.05) is 6.54 Å². The SMILES string of the molecule is CC(C)CCCC(CNCC(C)C)c1ccccc1F. The van der Waals surface area contributed by atoms with Crippen LogP contribution in [0.4, 0.5) is 4.39 Å². The van der Waals surface area contributed by atoms with Crippen molar-refractivity contribution in [3.8, 4) is 0 Å². The van der Waals surface area contributed by atoms with E-state index in [1.54, 1.807) is 12.1 Å². The van der Waals surface area contributed by atoms with E-state index in [1.807, 2.05) is 12.1 Å². The summed E-state index contributed by atoms with van der Waals surface area (Å²) >= 11 is 0. The molecule has 0 aromatic heterocycles. The number of halogens is 1. The van der Waals surface area contributed by atoms with Crippen molar-refractivity contribution in [3.63, 3.8) is 0 Å². The van der Waals surface area contributed by atoms with Crippen LogP contribution in [-0.2, 0) is 0 Å². The first-order valence-corrected chi connectivity index (χ1v) is 7.95. The number of nitrogens with one attached hydrogen (secondary N) is 1. The first kappa shape index (κ1) is 17.2. The van der Waals surface area contributed by atoms with E-state index in [0.717, 1.165) is 31.0 Å². The van der Waals surface area contributed by atoms with E-state index in [1.165, 1.54) is 12.8 Å². The molecule has 20 heavy (non-hydrogen) atoms. The first-order chi connectivity index (χ1) is 9.50. The van der Waals surface area contributed by atoms with Crippen molar-refractivity contribution in [2.24, 2.45) is 11.8 Å². The zero-order valence-electron chi connectivity index (χ0n) is 13.5. The number of hydrogen-bond acceptors (Lipinski definition) is 1. The quantitative estimate of drug-likeness (QED) is 0.672. The zero-order chi connectivity index (χ0) is 15.0. The minimum atomic E-state index is -0.0617. The van der Waals surface area contributed by atoms with Gasteiger partial charge in [0.25, 0.3) is 0 Å². The maximum absolute atomic E-state index is 14.0. The van der Waals surface area contributed by atoms with Crippen LogP contribution >= 0.6 is 0 Å². The Bertz CT molecular complexity index is 359. The van der Waals surface area contributed by atoms with Crippen LogP contribution in [0.3, 0.4) is 0 Å². The van der Waals surface area contributed by atoms with Crippen LogP contribution < -0.4 is 5.32 Å². The minimum absolute atomic E-state index is 0.0617. The standard InChI is InChI=1S/C18H30FN/c1-14(2)8-7-9-16(13-20-12-15(3)4)17-10-5-6-11-18(17)19/h5-6,10-11,14-16,20H,7-9,12-13H2,1-4H3. The van der Waals surface area contributed by atoms with Gasteiger partial charge in [-0.15, -0.1) is 0 Å². The first-order valence-electron chi connectivity index (χ1n) is 7.95. The summed E-state index contributed by atoms with van der Waals surface area (Å²) in [6.45, 7) is 10.8. The van der Waals surface area contributed by atoms with Crippen LogP contribution in [-0.4, -0.2) is 13.1 Å². The fourth-order valence-corrected chi connectivity index (χ4v) is 2.49. The normalized spacial score (nSPS) is 13.2.